The summed E-state index contributed by atoms with van der Waals surface area (Å²) < 4.78 is 54.8. The molecule has 0 radical (unpaired) electrons. The Hall–Kier alpha value is -4.47. The minimum Gasteiger partial charge on any atom is -0.494 e. The molecule has 56 heavy (non-hydrogen) atoms. The van der Waals surface area contributed by atoms with Crippen molar-refractivity contribution in [1.82, 2.24) is 24.8 Å². The van der Waals surface area contributed by atoms with E-state index in [0.717, 1.165) is 12.8 Å². The van der Waals surface area contributed by atoms with Crippen LogP contribution in [0.1, 0.15) is 78.1 Å². The molecule has 4 saturated carbocycles. The van der Waals surface area contributed by atoms with Crippen molar-refractivity contribution in [1.29, 1.82) is 0 Å². The van der Waals surface area contributed by atoms with Gasteiger partial charge in [0.2, 0.25) is 27.7 Å². The number of fused-ring (bicyclic) bond motifs is 4. The molecule has 302 valence electrons. The second kappa shape index (κ2) is 14.5. The number of halogens is 1. The van der Waals surface area contributed by atoms with E-state index in [1.807, 2.05) is 19.1 Å². The number of carbonyl (C=O) groups is 4. The maximum Gasteiger partial charge on any atom is 0.408 e. The van der Waals surface area contributed by atoms with E-state index in [-0.39, 0.29) is 48.4 Å². The van der Waals surface area contributed by atoms with Crippen molar-refractivity contribution in [3.8, 4) is 11.6 Å². The normalized spacial score (nSPS) is 34.9. The van der Waals surface area contributed by atoms with Gasteiger partial charge >= 0.3 is 6.09 Å². The van der Waals surface area contributed by atoms with Crippen LogP contribution in [0.4, 0.5) is 9.18 Å². The van der Waals surface area contributed by atoms with Crippen molar-refractivity contribution in [2.75, 3.05) is 13.7 Å². The zero-order valence-electron chi connectivity index (χ0n) is 31.9. The Morgan fingerprint density at radius 1 is 1.05 bits per heavy atom. The highest BCUT2D eigenvalue weighted by Gasteiger charge is 2.62. The van der Waals surface area contributed by atoms with Gasteiger partial charge in [0, 0.05) is 35.3 Å². The number of methoxy groups -OCH3 is 1. The van der Waals surface area contributed by atoms with Gasteiger partial charge in [-0.1, -0.05) is 26.0 Å². The number of allylic oxidation sites excluding steroid dienone is 1. The average molecular weight is 796 g/mol. The van der Waals surface area contributed by atoms with Crippen molar-refractivity contribution in [3.05, 3.63) is 42.4 Å². The van der Waals surface area contributed by atoms with Gasteiger partial charge in [0.15, 0.2) is 11.6 Å². The standard InChI is InChI=1S/C40H50FN5O9S/c1-21-6-4-5-7-25-19-40(25,38(49)44-56(52,53)28-8-9-28)43-35(47)31-18-27(55-36-30-10-11-32(54-3)33(41)29(30)12-13-42-36)20-45(31)37(48)34(22(2)14-21)46(39(50)51)26-16-23-15-24(23)17-26/h5,7,10-13,21-28,31,34H,4,6,8-9,14-20H2,1-3H3,(H,43,47)(H,44,49)(H,50,51)/b7-5-/t21-,22-,23+,24?,25-,26-,27-,31+,34+,40-/m1/s1. The average Bonchev–Trinajstić information content (AvgIpc) is 4.11. The molecule has 1 aromatic carbocycles. The van der Waals surface area contributed by atoms with Gasteiger partial charge in [-0.2, -0.15) is 0 Å². The Bertz CT molecular complexity index is 2070. The maximum absolute atomic E-state index is 15.3. The number of ether oxygens (including phenoxy) is 2. The molecule has 1 saturated heterocycles. The third kappa shape index (κ3) is 7.17. The third-order valence-corrected chi connectivity index (χ3v) is 14.8. The Morgan fingerprint density at radius 2 is 1.80 bits per heavy atom. The first-order chi connectivity index (χ1) is 26.7. The lowest BCUT2D eigenvalue weighted by Crippen LogP contribution is -2.61. The molecule has 3 heterocycles. The first-order valence-electron chi connectivity index (χ1n) is 19.8. The lowest BCUT2D eigenvalue weighted by Gasteiger charge is -2.40. The summed E-state index contributed by atoms with van der Waals surface area (Å²) in [7, 11) is -2.57. The van der Waals surface area contributed by atoms with Crippen LogP contribution in [0.15, 0.2) is 36.5 Å². The van der Waals surface area contributed by atoms with Gasteiger partial charge in [-0.25, -0.2) is 22.6 Å². The molecule has 3 N–H and O–H groups in total. The summed E-state index contributed by atoms with van der Waals surface area (Å²) in [5.41, 5.74) is -1.56. The fourth-order valence-corrected chi connectivity index (χ4v) is 11.0. The number of nitrogens with one attached hydrogen (secondary N) is 2. The number of carbonyl (C=O) groups excluding carboxylic acids is 3. The predicted molar refractivity (Wildman–Crippen MR) is 201 cm³/mol. The van der Waals surface area contributed by atoms with E-state index in [9.17, 15) is 27.9 Å². The maximum atomic E-state index is 15.3. The number of carboxylic acid groups (broad SMARTS) is 1. The number of rotatable bonds is 8. The SMILES string of the molecule is COc1ccc2c(O[C@@H]3C[C@H]4C(=O)N[C@]5(C(=O)NS(=O)(=O)C6CC6)C[C@H]5/C=C\CC[C@@H](C)C[C@@H](C)[C@H](N(C(=O)O)[C@H]5CC6C[C@H]6C5)C(=O)N4C3)nccc2c1F. The van der Waals surface area contributed by atoms with E-state index in [0.29, 0.717) is 55.7 Å². The van der Waals surface area contributed by atoms with Gasteiger partial charge in [-0.15, -0.1) is 0 Å². The number of sulfonamides is 1. The molecule has 4 aliphatic carbocycles. The lowest BCUT2D eigenvalue weighted by molar-refractivity contribution is -0.145. The monoisotopic (exact) mass is 795 g/mol. The van der Waals surface area contributed by atoms with Crippen molar-refractivity contribution >= 4 is 44.6 Å². The largest absolute Gasteiger partial charge is 0.494 e. The Labute approximate surface area is 325 Å². The van der Waals surface area contributed by atoms with E-state index in [2.05, 4.69) is 21.9 Å². The molecular weight excluding hydrogens is 746 g/mol. The zero-order valence-corrected chi connectivity index (χ0v) is 32.7. The number of amides is 4. The highest BCUT2D eigenvalue weighted by molar-refractivity contribution is 7.91. The van der Waals surface area contributed by atoms with Crippen LogP contribution in [0, 0.1) is 35.4 Å². The van der Waals surface area contributed by atoms with Crippen LogP contribution in [-0.4, -0.2) is 101 Å². The first kappa shape index (κ1) is 38.4. The Morgan fingerprint density at radius 3 is 2.50 bits per heavy atom. The Balaban J connectivity index is 1.16. The molecule has 0 bridgehead atoms. The van der Waals surface area contributed by atoms with Gasteiger partial charge in [0.05, 0.1) is 18.9 Å². The molecule has 6 aliphatic rings. The highest BCUT2D eigenvalue weighted by Crippen LogP contribution is 2.54. The molecular formula is C40H50FN5O9S. The fraction of sp³-hybridized carbons (Fsp3) is 0.625. The number of benzene rings is 1. The fourth-order valence-electron chi connectivity index (χ4n) is 9.66. The summed E-state index contributed by atoms with van der Waals surface area (Å²) in [6.45, 7) is 3.85. The number of hydrogen-bond donors (Lipinski definition) is 3. The minimum atomic E-state index is -3.94. The smallest absolute Gasteiger partial charge is 0.408 e. The van der Waals surface area contributed by atoms with Crippen molar-refractivity contribution in [3.63, 3.8) is 0 Å². The summed E-state index contributed by atoms with van der Waals surface area (Å²) in [4.78, 5) is 63.8. The van der Waals surface area contributed by atoms with Crippen LogP contribution in [0.5, 0.6) is 11.6 Å². The van der Waals surface area contributed by atoms with Crippen LogP contribution in [0.3, 0.4) is 0 Å². The summed E-state index contributed by atoms with van der Waals surface area (Å²) in [6, 6.07) is 1.91. The quantitative estimate of drug-likeness (QED) is 0.324. The Kier molecular flexibility index (Phi) is 9.93. The molecule has 2 aliphatic heterocycles. The number of aromatic nitrogens is 1. The van der Waals surface area contributed by atoms with Crippen molar-refractivity contribution in [2.45, 2.75) is 113 Å². The van der Waals surface area contributed by atoms with Crippen molar-refractivity contribution in [2.24, 2.45) is 29.6 Å². The molecule has 4 amide bonds. The van der Waals surface area contributed by atoms with Gasteiger partial charge in [-0.3, -0.25) is 24.0 Å². The first-order valence-corrected chi connectivity index (χ1v) is 21.4. The third-order valence-electron chi connectivity index (χ3n) is 13.0. The molecule has 8 rings (SSSR count). The van der Waals surface area contributed by atoms with Crippen LogP contribution >= 0.6 is 0 Å². The van der Waals surface area contributed by atoms with Crippen molar-refractivity contribution < 1.29 is 46.6 Å². The summed E-state index contributed by atoms with van der Waals surface area (Å²) in [5.74, 6) is -2.41. The summed E-state index contributed by atoms with van der Waals surface area (Å²) in [5, 5.41) is 13.5. The number of pyridine rings is 1. The molecule has 10 atom stereocenters. The molecule has 1 aromatic heterocycles. The van der Waals surface area contributed by atoms with E-state index in [1.54, 1.807) is 6.07 Å². The summed E-state index contributed by atoms with van der Waals surface area (Å²) in [6.07, 6.45) is 8.55. The van der Waals surface area contributed by atoms with Crippen LogP contribution in [0.25, 0.3) is 10.8 Å². The van der Waals surface area contributed by atoms with Gasteiger partial charge < -0.3 is 24.8 Å². The van der Waals surface area contributed by atoms with Crippen LogP contribution in [-0.2, 0) is 24.4 Å². The highest BCUT2D eigenvalue weighted by atomic mass is 32.2. The summed E-state index contributed by atoms with van der Waals surface area (Å²) >= 11 is 0. The van der Waals surface area contributed by atoms with E-state index >= 15 is 9.18 Å². The number of hydrogen-bond acceptors (Lipinski definition) is 9. The second-order valence-corrected chi connectivity index (χ2v) is 19.0. The zero-order chi connectivity index (χ0) is 39.7. The minimum absolute atomic E-state index is 0.0387. The molecule has 2 aromatic rings. The topological polar surface area (TPSA) is 185 Å². The predicted octanol–water partition coefficient (Wildman–Crippen LogP) is 4.37. The van der Waals surface area contributed by atoms with Gasteiger partial charge in [-0.05, 0) is 99.7 Å². The van der Waals surface area contributed by atoms with E-state index in [1.165, 1.54) is 35.2 Å². The molecule has 0 spiro atoms. The van der Waals surface area contributed by atoms with Crippen LogP contribution in [0.2, 0.25) is 0 Å². The number of nitrogens with zero attached hydrogens (tertiary/aromatic N) is 3. The van der Waals surface area contributed by atoms with Gasteiger partial charge in [0.25, 0.3) is 5.91 Å². The van der Waals surface area contributed by atoms with Crippen LogP contribution < -0.4 is 19.5 Å². The molecule has 1 unspecified atom stereocenters. The molecule has 5 fully saturated rings. The van der Waals surface area contributed by atoms with E-state index in [4.69, 9.17) is 9.47 Å². The second-order valence-electron chi connectivity index (χ2n) is 17.1. The molecule has 16 heteroatoms. The van der Waals surface area contributed by atoms with Gasteiger partial charge in [0.1, 0.15) is 23.7 Å². The van der Waals surface area contributed by atoms with E-state index < -0.39 is 80.5 Å². The lowest BCUT2D eigenvalue weighted by atomic mass is 9.86. The molecule has 14 nitrogen and oxygen atoms in total.